The summed E-state index contributed by atoms with van der Waals surface area (Å²) >= 11 is 1.34. The van der Waals surface area contributed by atoms with Crippen LogP contribution < -0.4 is 5.32 Å². The van der Waals surface area contributed by atoms with Crippen LogP contribution in [-0.4, -0.2) is 40.2 Å². The van der Waals surface area contributed by atoms with E-state index in [1.165, 1.54) is 38.1 Å². The standard InChI is InChI=1S/C22H29N3O3S/c1-12-18(21(27)28-2)20(24-19(23-12)16-3-4-16)29-11-17(26)25-22-8-13-5-14(9-22)7-15(6-13)10-22/h13-16H,3-11H2,1-2H3,(H,25,26). The van der Waals surface area contributed by atoms with Gasteiger partial charge in [-0.1, -0.05) is 11.8 Å². The number of nitrogens with one attached hydrogen (secondary N) is 1. The van der Waals surface area contributed by atoms with Crippen molar-refractivity contribution in [3.05, 3.63) is 17.1 Å². The van der Waals surface area contributed by atoms with Gasteiger partial charge in [-0.15, -0.1) is 0 Å². The largest absolute Gasteiger partial charge is 0.465 e. The van der Waals surface area contributed by atoms with E-state index in [2.05, 4.69) is 15.3 Å². The maximum atomic E-state index is 12.9. The molecule has 0 spiro atoms. The maximum Gasteiger partial charge on any atom is 0.342 e. The topological polar surface area (TPSA) is 81.2 Å². The first kappa shape index (κ1) is 19.3. The zero-order chi connectivity index (χ0) is 20.2. The Bertz CT molecular complexity index is 817. The molecule has 0 radical (unpaired) electrons. The van der Waals surface area contributed by atoms with Crippen molar-refractivity contribution < 1.29 is 14.3 Å². The summed E-state index contributed by atoms with van der Waals surface area (Å²) in [6.45, 7) is 1.82. The third-order valence-corrected chi connectivity index (χ3v) is 8.16. The van der Waals surface area contributed by atoms with E-state index in [-0.39, 0.29) is 17.2 Å². The second kappa shape index (κ2) is 7.25. The molecule has 5 saturated carbocycles. The summed E-state index contributed by atoms with van der Waals surface area (Å²) in [5.41, 5.74) is 1.04. The van der Waals surface area contributed by atoms with Gasteiger partial charge in [-0.2, -0.15) is 0 Å². The highest BCUT2D eigenvalue weighted by molar-refractivity contribution is 8.00. The summed E-state index contributed by atoms with van der Waals surface area (Å²) in [4.78, 5) is 34.3. The Hall–Kier alpha value is -1.63. The van der Waals surface area contributed by atoms with Crippen molar-refractivity contribution in [2.75, 3.05) is 12.9 Å². The molecular weight excluding hydrogens is 386 g/mol. The molecule has 0 saturated heterocycles. The quantitative estimate of drug-likeness (QED) is 0.434. The third-order valence-electron chi connectivity index (χ3n) is 7.19. The van der Waals surface area contributed by atoms with Gasteiger partial charge in [0.05, 0.1) is 18.6 Å². The van der Waals surface area contributed by atoms with E-state index in [4.69, 9.17) is 4.74 Å². The molecule has 1 heterocycles. The Morgan fingerprint density at radius 1 is 1.10 bits per heavy atom. The van der Waals surface area contributed by atoms with Crippen LogP contribution in [0.3, 0.4) is 0 Å². The van der Waals surface area contributed by atoms with Crippen molar-refractivity contribution in [3.8, 4) is 0 Å². The Balaban J connectivity index is 1.29. The SMILES string of the molecule is COC(=O)c1c(C)nc(C2CC2)nc1SCC(=O)NC12CC3CC(CC(C3)C1)C2. The van der Waals surface area contributed by atoms with E-state index in [9.17, 15) is 9.59 Å². The van der Waals surface area contributed by atoms with E-state index in [0.717, 1.165) is 55.7 Å². The van der Waals surface area contributed by atoms with Crippen molar-refractivity contribution in [3.63, 3.8) is 0 Å². The molecule has 5 aliphatic carbocycles. The van der Waals surface area contributed by atoms with Crippen LogP contribution >= 0.6 is 11.8 Å². The van der Waals surface area contributed by atoms with Gasteiger partial charge in [-0.25, -0.2) is 14.8 Å². The molecule has 1 aromatic heterocycles. The van der Waals surface area contributed by atoms with Crippen molar-refractivity contribution in [2.24, 2.45) is 17.8 Å². The molecule has 0 unspecified atom stereocenters. The van der Waals surface area contributed by atoms with Crippen molar-refractivity contribution in [2.45, 2.75) is 74.8 Å². The van der Waals surface area contributed by atoms with Crippen LogP contribution in [0.15, 0.2) is 5.03 Å². The summed E-state index contributed by atoms with van der Waals surface area (Å²) < 4.78 is 4.94. The fourth-order valence-corrected chi connectivity index (χ4v) is 7.14. The average Bonchev–Trinajstić information content (AvgIpc) is 3.49. The highest BCUT2D eigenvalue weighted by atomic mass is 32.2. The lowest BCUT2D eigenvalue weighted by atomic mass is 9.53. The smallest absolute Gasteiger partial charge is 0.342 e. The van der Waals surface area contributed by atoms with Gasteiger partial charge < -0.3 is 10.1 Å². The molecule has 156 valence electrons. The van der Waals surface area contributed by atoms with E-state index in [1.54, 1.807) is 0 Å². The molecule has 7 heteroatoms. The predicted molar refractivity (Wildman–Crippen MR) is 110 cm³/mol. The number of hydrogen-bond acceptors (Lipinski definition) is 6. The van der Waals surface area contributed by atoms with Crippen LogP contribution in [-0.2, 0) is 9.53 Å². The Kier molecular flexibility index (Phi) is 4.84. The van der Waals surface area contributed by atoms with Gasteiger partial charge in [0.1, 0.15) is 16.4 Å². The van der Waals surface area contributed by atoms with Crippen molar-refractivity contribution >= 4 is 23.6 Å². The molecule has 4 bridgehead atoms. The summed E-state index contributed by atoms with van der Waals surface area (Å²) in [6.07, 6.45) is 9.68. The van der Waals surface area contributed by atoms with Crippen molar-refractivity contribution in [1.82, 2.24) is 15.3 Å². The molecule has 1 amide bonds. The molecule has 1 aromatic rings. The molecule has 1 N–H and O–H groups in total. The highest BCUT2D eigenvalue weighted by Gasteiger charge is 2.51. The molecule has 5 aliphatic rings. The van der Waals surface area contributed by atoms with Crippen LogP contribution in [0.5, 0.6) is 0 Å². The first-order chi connectivity index (χ1) is 13.9. The molecule has 6 rings (SSSR count). The van der Waals surface area contributed by atoms with Crippen LogP contribution in [0.1, 0.15) is 79.2 Å². The lowest BCUT2D eigenvalue weighted by Gasteiger charge is -2.56. The average molecular weight is 416 g/mol. The lowest BCUT2D eigenvalue weighted by Crippen LogP contribution is -2.60. The summed E-state index contributed by atoms with van der Waals surface area (Å²) in [6, 6.07) is 0. The van der Waals surface area contributed by atoms with Crippen LogP contribution in [0.25, 0.3) is 0 Å². The Morgan fingerprint density at radius 3 is 2.28 bits per heavy atom. The second-order valence-corrected chi connectivity index (χ2v) is 10.6. The maximum absolute atomic E-state index is 12.9. The van der Waals surface area contributed by atoms with Gasteiger partial charge in [0.2, 0.25) is 5.91 Å². The predicted octanol–water partition coefficient (Wildman–Crippen LogP) is 3.63. The van der Waals surface area contributed by atoms with Gasteiger partial charge in [-0.05, 0) is 76.0 Å². The molecular formula is C22H29N3O3S. The molecule has 0 aliphatic heterocycles. The van der Waals surface area contributed by atoms with E-state index in [0.29, 0.717) is 22.2 Å². The Morgan fingerprint density at radius 2 is 1.72 bits per heavy atom. The van der Waals surface area contributed by atoms with Crippen LogP contribution in [0.4, 0.5) is 0 Å². The van der Waals surface area contributed by atoms with Gasteiger partial charge >= 0.3 is 5.97 Å². The number of aryl methyl sites for hydroxylation is 1. The first-order valence-electron chi connectivity index (χ1n) is 10.9. The number of amides is 1. The van der Waals surface area contributed by atoms with Gasteiger partial charge in [0.25, 0.3) is 0 Å². The lowest BCUT2D eigenvalue weighted by molar-refractivity contribution is -0.124. The number of carbonyl (C=O) groups is 2. The van der Waals surface area contributed by atoms with E-state index < -0.39 is 5.97 Å². The number of aromatic nitrogens is 2. The molecule has 0 atom stereocenters. The Labute approximate surface area is 176 Å². The fourth-order valence-electron chi connectivity index (χ4n) is 6.26. The third kappa shape index (κ3) is 3.78. The summed E-state index contributed by atoms with van der Waals surface area (Å²) in [5.74, 6) is 3.46. The van der Waals surface area contributed by atoms with Gasteiger partial charge in [-0.3, -0.25) is 4.79 Å². The minimum absolute atomic E-state index is 0.0122. The number of hydrogen-bond donors (Lipinski definition) is 1. The number of carbonyl (C=O) groups excluding carboxylic acids is 2. The van der Waals surface area contributed by atoms with Crippen molar-refractivity contribution in [1.29, 1.82) is 0 Å². The van der Waals surface area contributed by atoms with Gasteiger partial charge in [0, 0.05) is 11.5 Å². The highest BCUT2D eigenvalue weighted by Crippen LogP contribution is 2.55. The number of ether oxygens (including phenoxy) is 1. The number of thioether (sulfide) groups is 1. The minimum Gasteiger partial charge on any atom is -0.465 e. The molecule has 6 nitrogen and oxygen atoms in total. The molecule has 29 heavy (non-hydrogen) atoms. The number of esters is 1. The van der Waals surface area contributed by atoms with E-state index >= 15 is 0 Å². The summed E-state index contributed by atoms with van der Waals surface area (Å²) in [7, 11) is 1.37. The number of methoxy groups -OCH3 is 1. The van der Waals surface area contributed by atoms with Crippen LogP contribution in [0, 0.1) is 24.7 Å². The van der Waals surface area contributed by atoms with E-state index in [1.807, 2.05) is 6.92 Å². The van der Waals surface area contributed by atoms with Gasteiger partial charge in [0.15, 0.2) is 0 Å². The zero-order valence-electron chi connectivity index (χ0n) is 17.2. The molecule has 5 fully saturated rings. The number of rotatable bonds is 6. The normalized spacial score (nSPS) is 32.3. The minimum atomic E-state index is -0.436. The first-order valence-corrected chi connectivity index (χ1v) is 11.8. The van der Waals surface area contributed by atoms with Crippen LogP contribution in [0.2, 0.25) is 0 Å². The molecule has 0 aromatic carbocycles. The zero-order valence-corrected chi connectivity index (χ0v) is 18.0. The second-order valence-electron chi connectivity index (χ2n) is 9.65. The number of nitrogens with zero attached hydrogens (tertiary/aromatic N) is 2. The summed E-state index contributed by atoms with van der Waals surface area (Å²) in [5, 5.41) is 3.98. The fraction of sp³-hybridized carbons (Fsp3) is 0.727. The monoisotopic (exact) mass is 415 g/mol.